The molecule has 0 N–H and O–H groups in total. The summed E-state index contributed by atoms with van der Waals surface area (Å²) in [5.41, 5.74) is 0.780. The molecule has 4 rings (SSSR count). The van der Waals surface area contributed by atoms with Gasteiger partial charge in [0.25, 0.3) is 5.56 Å². The molecule has 0 aliphatic carbocycles. The van der Waals surface area contributed by atoms with Gasteiger partial charge < -0.3 is 18.9 Å². The van der Waals surface area contributed by atoms with Gasteiger partial charge >= 0.3 is 6.36 Å². The van der Waals surface area contributed by atoms with E-state index in [0.717, 1.165) is 5.39 Å². The Hall–Kier alpha value is -3.38. The number of aromatic nitrogens is 1. The molecular formula is C23H19ClF3N3O3. The number of alkyl halides is 3. The van der Waals surface area contributed by atoms with Gasteiger partial charge in [-0.3, -0.25) is 4.79 Å². The van der Waals surface area contributed by atoms with Gasteiger partial charge in [-0.05, 0) is 30.3 Å². The molecule has 0 amide bonds. The Morgan fingerprint density at radius 3 is 2.33 bits per heavy atom. The molecule has 33 heavy (non-hydrogen) atoms. The third-order valence-corrected chi connectivity index (χ3v) is 5.87. The SMILES string of the molecule is Cn1c(=O)c(C#N)c(N2CCC(Oc3ccc(OC(F)(F)F)cc3)CC2)c2cccc(Cl)c21. The fraction of sp³-hybridized carbons (Fsp3) is 0.304. The van der Waals surface area contributed by atoms with Gasteiger partial charge in [0.05, 0.1) is 16.2 Å². The van der Waals surface area contributed by atoms with E-state index in [1.807, 2.05) is 17.0 Å². The number of nitriles is 1. The first kappa shape index (κ1) is 22.8. The van der Waals surface area contributed by atoms with Crippen LogP contribution >= 0.6 is 11.6 Å². The lowest BCUT2D eigenvalue weighted by Crippen LogP contribution is -2.40. The van der Waals surface area contributed by atoms with Crippen LogP contribution in [0.25, 0.3) is 10.9 Å². The Labute approximate surface area is 192 Å². The summed E-state index contributed by atoms with van der Waals surface area (Å²) < 4.78 is 48.1. The lowest BCUT2D eigenvalue weighted by Gasteiger charge is -2.35. The number of hydrogen-bond donors (Lipinski definition) is 0. The second-order valence-electron chi connectivity index (χ2n) is 7.66. The van der Waals surface area contributed by atoms with Gasteiger partial charge in [0.15, 0.2) is 0 Å². The van der Waals surface area contributed by atoms with E-state index in [4.69, 9.17) is 16.3 Å². The van der Waals surface area contributed by atoms with Crippen LogP contribution in [-0.2, 0) is 7.05 Å². The van der Waals surface area contributed by atoms with Crippen molar-refractivity contribution >= 4 is 28.2 Å². The lowest BCUT2D eigenvalue weighted by molar-refractivity contribution is -0.274. The number of piperidine rings is 1. The van der Waals surface area contributed by atoms with Crippen LogP contribution in [0, 0.1) is 11.3 Å². The summed E-state index contributed by atoms with van der Waals surface area (Å²) >= 11 is 6.35. The fourth-order valence-electron chi connectivity index (χ4n) is 4.09. The van der Waals surface area contributed by atoms with Gasteiger partial charge in [-0.1, -0.05) is 23.7 Å². The number of hydrogen-bond acceptors (Lipinski definition) is 5. The summed E-state index contributed by atoms with van der Waals surface area (Å²) in [6, 6.07) is 12.6. The second kappa shape index (κ2) is 8.87. The van der Waals surface area contributed by atoms with Crippen molar-refractivity contribution in [3.63, 3.8) is 0 Å². The van der Waals surface area contributed by atoms with Crippen LogP contribution in [0.5, 0.6) is 11.5 Å². The van der Waals surface area contributed by atoms with Crippen LogP contribution in [0.15, 0.2) is 47.3 Å². The molecule has 0 radical (unpaired) electrons. The van der Waals surface area contributed by atoms with Crippen molar-refractivity contribution in [2.24, 2.45) is 7.05 Å². The molecule has 3 aromatic rings. The third-order valence-electron chi connectivity index (χ3n) is 5.56. The van der Waals surface area contributed by atoms with Gasteiger partial charge in [0.2, 0.25) is 0 Å². The zero-order chi connectivity index (χ0) is 23.8. The molecule has 2 heterocycles. The third kappa shape index (κ3) is 4.71. The van der Waals surface area contributed by atoms with E-state index in [9.17, 15) is 23.2 Å². The standard InChI is InChI=1S/C23H19ClF3N3O3/c1-29-21-17(3-2-4-19(21)24)20(18(13-28)22(29)31)30-11-9-15(10-12-30)32-14-5-7-16(8-6-14)33-23(25,26)27/h2-8,15H,9-12H2,1H3. The van der Waals surface area contributed by atoms with E-state index >= 15 is 0 Å². The average molecular weight is 478 g/mol. The summed E-state index contributed by atoms with van der Waals surface area (Å²) in [6.07, 6.45) is -3.71. The smallest absolute Gasteiger partial charge is 0.490 e. The Bertz CT molecular complexity index is 1280. The molecule has 0 spiro atoms. The predicted octanol–water partition coefficient (Wildman–Crippen LogP) is 5.01. The van der Waals surface area contributed by atoms with Crippen LogP contribution in [0.3, 0.4) is 0 Å². The number of ether oxygens (including phenoxy) is 2. The van der Waals surface area contributed by atoms with Gasteiger partial charge in [-0.25, -0.2) is 0 Å². The van der Waals surface area contributed by atoms with E-state index in [2.05, 4.69) is 4.74 Å². The summed E-state index contributed by atoms with van der Waals surface area (Å²) in [6.45, 7) is 1.06. The number of anilines is 1. The van der Waals surface area contributed by atoms with Crippen molar-refractivity contribution in [1.29, 1.82) is 5.26 Å². The number of halogens is 4. The first-order valence-electron chi connectivity index (χ1n) is 10.2. The van der Waals surface area contributed by atoms with Crippen molar-refractivity contribution in [3.8, 4) is 17.6 Å². The first-order chi connectivity index (χ1) is 15.7. The molecule has 1 aliphatic heterocycles. The van der Waals surface area contributed by atoms with Gasteiger partial charge in [0, 0.05) is 38.4 Å². The van der Waals surface area contributed by atoms with E-state index in [-0.39, 0.29) is 17.4 Å². The quantitative estimate of drug-likeness (QED) is 0.528. The highest BCUT2D eigenvalue weighted by atomic mass is 35.5. The van der Waals surface area contributed by atoms with Crippen LogP contribution in [0.2, 0.25) is 5.02 Å². The number of nitrogens with zero attached hydrogens (tertiary/aromatic N) is 3. The highest BCUT2D eigenvalue weighted by Crippen LogP contribution is 2.34. The van der Waals surface area contributed by atoms with E-state index in [0.29, 0.717) is 47.9 Å². The molecule has 2 aromatic carbocycles. The van der Waals surface area contributed by atoms with Crippen molar-refractivity contribution in [1.82, 2.24) is 4.57 Å². The normalized spacial score (nSPS) is 14.8. The van der Waals surface area contributed by atoms with Crippen molar-refractivity contribution < 1.29 is 22.6 Å². The summed E-state index contributed by atoms with van der Waals surface area (Å²) in [5, 5.41) is 10.8. The molecule has 0 bridgehead atoms. The summed E-state index contributed by atoms with van der Waals surface area (Å²) in [7, 11) is 1.59. The number of rotatable bonds is 4. The zero-order valence-electron chi connectivity index (χ0n) is 17.5. The molecule has 0 saturated carbocycles. The predicted molar refractivity (Wildman–Crippen MR) is 118 cm³/mol. The highest BCUT2D eigenvalue weighted by molar-refractivity contribution is 6.35. The number of aryl methyl sites for hydroxylation is 1. The maximum Gasteiger partial charge on any atom is 0.573 e. The fourth-order valence-corrected chi connectivity index (χ4v) is 4.39. The number of para-hydroxylation sites is 1. The first-order valence-corrected chi connectivity index (χ1v) is 10.5. The zero-order valence-corrected chi connectivity index (χ0v) is 18.3. The maximum atomic E-state index is 12.8. The Kier molecular flexibility index (Phi) is 6.13. The van der Waals surface area contributed by atoms with Crippen molar-refractivity contribution in [2.45, 2.75) is 25.3 Å². The number of benzene rings is 2. The van der Waals surface area contributed by atoms with E-state index in [1.54, 1.807) is 19.2 Å². The maximum absolute atomic E-state index is 12.8. The van der Waals surface area contributed by atoms with Gasteiger partial charge in [-0.15, -0.1) is 13.2 Å². The van der Waals surface area contributed by atoms with Gasteiger partial charge in [-0.2, -0.15) is 5.26 Å². The lowest BCUT2D eigenvalue weighted by atomic mass is 10.0. The van der Waals surface area contributed by atoms with Crippen LogP contribution in [0.4, 0.5) is 18.9 Å². The Morgan fingerprint density at radius 2 is 1.73 bits per heavy atom. The molecule has 1 aromatic heterocycles. The van der Waals surface area contributed by atoms with Crippen LogP contribution in [0.1, 0.15) is 18.4 Å². The minimum atomic E-state index is -4.75. The molecular weight excluding hydrogens is 459 g/mol. The molecule has 10 heteroatoms. The molecule has 1 aliphatic rings. The number of pyridine rings is 1. The van der Waals surface area contributed by atoms with E-state index in [1.165, 1.54) is 28.8 Å². The molecule has 0 atom stereocenters. The van der Waals surface area contributed by atoms with Crippen molar-refractivity contribution in [2.75, 3.05) is 18.0 Å². The van der Waals surface area contributed by atoms with E-state index < -0.39 is 11.9 Å². The minimum Gasteiger partial charge on any atom is -0.490 e. The van der Waals surface area contributed by atoms with Crippen LogP contribution in [-0.4, -0.2) is 30.1 Å². The summed E-state index contributed by atoms with van der Waals surface area (Å²) in [5.74, 6) is 0.122. The average Bonchev–Trinajstić information content (AvgIpc) is 2.77. The monoisotopic (exact) mass is 477 g/mol. The van der Waals surface area contributed by atoms with Crippen molar-refractivity contribution in [3.05, 3.63) is 63.4 Å². The largest absolute Gasteiger partial charge is 0.573 e. The van der Waals surface area contributed by atoms with Crippen LogP contribution < -0.4 is 19.9 Å². The molecule has 172 valence electrons. The molecule has 1 saturated heterocycles. The molecule has 1 fully saturated rings. The summed E-state index contributed by atoms with van der Waals surface area (Å²) in [4.78, 5) is 14.8. The van der Waals surface area contributed by atoms with Gasteiger partial charge in [0.1, 0.15) is 29.2 Å². The topological polar surface area (TPSA) is 67.5 Å². The highest BCUT2D eigenvalue weighted by Gasteiger charge is 2.31. The molecule has 0 unspecified atom stereocenters. The minimum absolute atomic E-state index is 0.0619. The Morgan fingerprint density at radius 1 is 1.09 bits per heavy atom. The Balaban J connectivity index is 1.52. The second-order valence-corrected chi connectivity index (χ2v) is 8.07. The molecule has 6 nitrogen and oxygen atoms in total. The number of fused-ring (bicyclic) bond motifs is 1.